The molecule has 0 bridgehead atoms. The molecule has 0 heterocycles. The van der Waals surface area contributed by atoms with Crippen LogP contribution in [0.15, 0.2) is 24.3 Å². The highest BCUT2D eigenvalue weighted by Crippen LogP contribution is 2.12. The first kappa shape index (κ1) is 14.0. The van der Waals surface area contributed by atoms with Crippen molar-refractivity contribution in [3.8, 4) is 5.75 Å². The van der Waals surface area contributed by atoms with Gasteiger partial charge in [-0.15, -0.1) is 0 Å². The summed E-state index contributed by atoms with van der Waals surface area (Å²) in [5, 5.41) is 0.703. The van der Waals surface area contributed by atoms with Crippen LogP contribution in [0.4, 0.5) is 0 Å². The van der Waals surface area contributed by atoms with E-state index < -0.39 is 0 Å². The lowest BCUT2D eigenvalue weighted by molar-refractivity contribution is -0.129. The fraction of sp³-hybridized carbons (Fsp3) is 0.462. The van der Waals surface area contributed by atoms with E-state index in [9.17, 15) is 4.79 Å². The summed E-state index contributed by atoms with van der Waals surface area (Å²) in [5.74, 6) is 0.987. The van der Waals surface area contributed by atoms with Gasteiger partial charge in [0.1, 0.15) is 12.4 Å². The predicted octanol–water partition coefficient (Wildman–Crippen LogP) is 2.62. The van der Waals surface area contributed by atoms with Crippen LogP contribution in [-0.4, -0.2) is 36.3 Å². The maximum absolute atomic E-state index is 11.5. The van der Waals surface area contributed by atoms with E-state index in [0.29, 0.717) is 24.9 Å². The zero-order valence-electron chi connectivity index (χ0n) is 10.3. The van der Waals surface area contributed by atoms with Gasteiger partial charge in [0.15, 0.2) is 0 Å². The Hall–Kier alpha value is -1.03. The average Bonchev–Trinajstić information content (AvgIpc) is 2.29. The molecule has 3 nitrogen and oxygen atoms in total. The molecule has 0 radical (unpaired) electrons. The molecule has 1 amide bonds. The first-order valence-electron chi connectivity index (χ1n) is 5.63. The fourth-order valence-corrected chi connectivity index (χ4v) is 1.74. The van der Waals surface area contributed by atoms with Gasteiger partial charge in [-0.05, 0) is 24.6 Å². The van der Waals surface area contributed by atoms with E-state index in [-0.39, 0.29) is 5.91 Å². The molecule has 0 atom stereocenters. The second-order valence-corrected chi connectivity index (χ2v) is 4.71. The highest BCUT2D eigenvalue weighted by atomic mass is 79.9. The predicted molar refractivity (Wildman–Crippen MR) is 72.7 cm³/mol. The summed E-state index contributed by atoms with van der Waals surface area (Å²) in [6.07, 6.45) is 0.529. The van der Waals surface area contributed by atoms with Gasteiger partial charge in [0.25, 0.3) is 0 Å². The number of amides is 1. The van der Waals surface area contributed by atoms with Crippen LogP contribution in [-0.2, 0) is 4.79 Å². The van der Waals surface area contributed by atoms with Crippen LogP contribution < -0.4 is 4.74 Å². The summed E-state index contributed by atoms with van der Waals surface area (Å²) >= 11 is 3.25. The van der Waals surface area contributed by atoms with E-state index in [0.717, 1.165) is 5.75 Å². The van der Waals surface area contributed by atoms with Gasteiger partial charge in [0.2, 0.25) is 5.91 Å². The molecule has 0 fully saturated rings. The molecule has 4 heteroatoms. The lowest BCUT2D eigenvalue weighted by Gasteiger charge is -2.17. The molecule has 17 heavy (non-hydrogen) atoms. The summed E-state index contributed by atoms with van der Waals surface area (Å²) < 4.78 is 5.58. The maximum Gasteiger partial charge on any atom is 0.223 e. The number of carbonyl (C=O) groups excluding carboxylic acids is 1. The number of likely N-dealkylation sites (N-methyl/N-ethyl adjacent to an activating group) is 1. The van der Waals surface area contributed by atoms with E-state index in [4.69, 9.17) is 4.74 Å². The molecule has 1 rings (SSSR count). The minimum atomic E-state index is 0.134. The number of nitrogens with zero attached hydrogens (tertiary/aromatic N) is 1. The number of hydrogen-bond donors (Lipinski definition) is 0. The van der Waals surface area contributed by atoms with Crippen LogP contribution in [0, 0.1) is 6.92 Å². The first-order valence-corrected chi connectivity index (χ1v) is 6.75. The Morgan fingerprint density at radius 2 is 2.24 bits per heavy atom. The Morgan fingerprint density at radius 1 is 1.47 bits per heavy atom. The third-order valence-corrected chi connectivity index (χ3v) is 2.82. The average molecular weight is 300 g/mol. The molecule has 0 saturated carbocycles. The van der Waals surface area contributed by atoms with Crippen molar-refractivity contribution in [2.75, 3.05) is 25.5 Å². The molecule has 1 aromatic carbocycles. The Bertz CT molecular complexity index is 368. The van der Waals surface area contributed by atoms with E-state index in [1.807, 2.05) is 31.2 Å². The SMILES string of the molecule is Cc1cccc(OCCN(C)C(=O)CCBr)c1. The summed E-state index contributed by atoms with van der Waals surface area (Å²) in [4.78, 5) is 13.2. The lowest BCUT2D eigenvalue weighted by atomic mass is 10.2. The lowest BCUT2D eigenvalue weighted by Crippen LogP contribution is -2.30. The van der Waals surface area contributed by atoms with Crippen molar-refractivity contribution in [2.24, 2.45) is 0 Å². The van der Waals surface area contributed by atoms with Crippen molar-refractivity contribution in [1.82, 2.24) is 4.90 Å². The molecule has 0 spiro atoms. The second kappa shape index (κ2) is 7.33. The van der Waals surface area contributed by atoms with Gasteiger partial charge >= 0.3 is 0 Å². The number of alkyl halides is 1. The maximum atomic E-state index is 11.5. The summed E-state index contributed by atoms with van der Waals surface area (Å²) in [7, 11) is 1.80. The number of aryl methyl sites for hydroxylation is 1. The number of benzene rings is 1. The Labute approximate surface area is 111 Å². The molecular weight excluding hydrogens is 282 g/mol. The zero-order valence-corrected chi connectivity index (χ0v) is 11.9. The number of ether oxygens (including phenoxy) is 1. The summed E-state index contributed by atoms with van der Waals surface area (Å²) in [6, 6.07) is 7.90. The molecule has 0 unspecified atom stereocenters. The highest BCUT2D eigenvalue weighted by molar-refractivity contribution is 9.09. The smallest absolute Gasteiger partial charge is 0.223 e. The number of hydrogen-bond acceptors (Lipinski definition) is 2. The van der Waals surface area contributed by atoms with Gasteiger partial charge in [0.05, 0.1) is 6.54 Å². The van der Waals surface area contributed by atoms with Gasteiger partial charge in [-0.2, -0.15) is 0 Å². The molecular formula is C13H18BrNO2. The molecule has 94 valence electrons. The van der Waals surface area contributed by atoms with E-state index in [1.165, 1.54) is 5.56 Å². The topological polar surface area (TPSA) is 29.5 Å². The molecule has 0 saturated heterocycles. The highest BCUT2D eigenvalue weighted by Gasteiger charge is 2.07. The van der Waals surface area contributed by atoms with Crippen LogP contribution in [0.3, 0.4) is 0 Å². The molecule has 0 aromatic heterocycles. The first-order chi connectivity index (χ1) is 8.13. The standard InChI is InChI=1S/C13H18BrNO2/c1-11-4-3-5-12(10-11)17-9-8-15(2)13(16)6-7-14/h3-5,10H,6-9H2,1-2H3. The Balaban J connectivity index is 2.30. The van der Waals surface area contributed by atoms with Crippen molar-refractivity contribution >= 4 is 21.8 Å². The Morgan fingerprint density at radius 3 is 2.88 bits per heavy atom. The van der Waals surface area contributed by atoms with Crippen molar-refractivity contribution in [1.29, 1.82) is 0 Å². The van der Waals surface area contributed by atoms with Gasteiger partial charge < -0.3 is 9.64 Å². The minimum absolute atomic E-state index is 0.134. The third kappa shape index (κ3) is 5.22. The van der Waals surface area contributed by atoms with Crippen molar-refractivity contribution in [3.63, 3.8) is 0 Å². The number of rotatable bonds is 6. The van der Waals surface area contributed by atoms with Crippen LogP contribution >= 0.6 is 15.9 Å². The molecule has 0 aliphatic carbocycles. The molecule has 0 N–H and O–H groups in total. The van der Waals surface area contributed by atoms with Crippen LogP contribution in [0.1, 0.15) is 12.0 Å². The summed E-state index contributed by atoms with van der Waals surface area (Å²) in [6.45, 7) is 3.16. The van der Waals surface area contributed by atoms with Crippen molar-refractivity contribution < 1.29 is 9.53 Å². The normalized spacial score (nSPS) is 10.1. The van der Waals surface area contributed by atoms with Gasteiger partial charge in [-0.1, -0.05) is 28.1 Å². The van der Waals surface area contributed by atoms with E-state index in [2.05, 4.69) is 15.9 Å². The largest absolute Gasteiger partial charge is 0.492 e. The molecule has 0 aliphatic rings. The van der Waals surface area contributed by atoms with Crippen LogP contribution in [0.5, 0.6) is 5.75 Å². The van der Waals surface area contributed by atoms with Gasteiger partial charge in [0, 0.05) is 18.8 Å². The Kier molecular flexibility index (Phi) is 6.05. The minimum Gasteiger partial charge on any atom is -0.492 e. The van der Waals surface area contributed by atoms with Crippen molar-refractivity contribution in [3.05, 3.63) is 29.8 Å². The van der Waals surface area contributed by atoms with Crippen LogP contribution in [0.25, 0.3) is 0 Å². The summed E-state index contributed by atoms with van der Waals surface area (Å²) in [5.41, 5.74) is 1.17. The fourth-order valence-electron chi connectivity index (χ4n) is 1.40. The second-order valence-electron chi connectivity index (χ2n) is 3.92. The quantitative estimate of drug-likeness (QED) is 0.756. The van der Waals surface area contributed by atoms with Gasteiger partial charge in [-0.25, -0.2) is 0 Å². The molecule has 0 aliphatic heterocycles. The number of halogens is 1. The van der Waals surface area contributed by atoms with Gasteiger partial charge in [-0.3, -0.25) is 4.79 Å². The van der Waals surface area contributed by atoms with Crippen molar-refractivity contribution in [2.45, 2.75) is 13.3 Å². The monoisotopic (exact) mass is 299 g/mol. The van der Waals surface area contributed by atoms with E-state index >= 15 is 0 Å². The molecule has 1 aromatic rings. The zero-order chi connectivity index (χ0) is 12.7. The van der Waals surface area contributed by atoms with E-state index in [1.54, 1.807) is 11.9 Å². The van der Waals surface area contributed by atoms with Crippen LogP contribution in [0.2, 0.25) is 0 Å². The third-order valence-electron chi connectivity index (χ3n) is 2.42. The number of carbonyl (C=O) groups is 1.